The lowest BCUT2D eigenvalue weighted by molar-refractivity contribution is -0.106. The predicted octanol–water partition coefficient (Wildman–Crippen LogP) is 7.72. The zero-order valence-electron chi connectivity index (χ0n) is 22.6. The summed E-state index contributed by atoms with van der Waals surface area (Å²) >= 11 is 0. The lowest BCUT2D eigenvalue weighted by atomic mass is 9.75. The fraction of sp³-hybridized carbons (Fsp3) is 0.586. The molecule has 4 nitrogen and oxygen atoms in total. The van der Waals surface area contributed by atoms with Crippen LogP contribution in [0.4, 0.5) is 10.1 Å². The van der Waals surface area contributed by atoms with Crippen LogP contribution in [0.25, 0.3) is 0 Å². The van der Waals surface area contributed by atoms with Crippen molar-refractivity contribution in [1.29, 1.82) is 0 Å². The van der Waals surface area contributed by atoms with Crippen LogP contribution in [0.1, 0.15) is 86.1 Å². The first-order valence-electron chi connectivity index (χ1n) is 12.8. The number of halogens is 1. The Morgan fingerprint density at radius 3 is 2.32 bits per heavy atom. The fourth-order valence-electron chi connectivity index (χ4n) is 3.64. The number of aryl methyl sites for hydroxylation is 1. The molecule has 0 unspecified atom stereocenters. The van der Waals surface area contributed by atoms with E-state index in [0.29, 0.717) is 12.1 Å². The first kappa shape index (κ1) is 31.7. The Morgan fingerprint density at radius 1 is 1.26 bits per heavy atom. The summed E-state index contributed by atoms with van der Waals surface area (Å²) in [4.78, 5) is 13.2. The summed E-state index contributed by atoms with van der Waals surface area (Å²) in [6, 6.07) is 5.18. The van der Waals surface area contributed by atoms with Crippen LogP contribution >= 0.6 is 0 Å². The van der Waals surface area contributed by atoms with Crippen molar-refractivity contribution >= 4 is 17.8 Å². The minimum atomic E-state index is -0.180. The molecular formula is C29H48FN3O. The van der Waals surface area contributed by atoms with Gasteiger partial charge in [-0.3, -0.25) is 0 Å². The number of benzene rings is 1. The molecule has 34 heavy (non-hydrogen) atoms. The summed E-state index contributed by atoms with van der Waals surface area (Å²) in [7, 11) is 0. The Labute approximate surface area is 208 Å². The molecule has 1 aliphatic carbocycles. The molecule has 0 amide bonds. The van der Waals surface area contributed by atoms with Crippen molar-refractivity contribution in [2.75, 3.05) is 18.4 Å². The molecular weight excluding hydrogens is 425 g/mol. The maximum absolute atomic E-state index is 13.7. The molecule has 192 valence electrons. The molecule has 1 saturated heterocycles. The number of hydrogen-bond acceptors (Lipinski definition) is 3. The summed E-state index contributed by atoms with van der Waals surface area (Å²) in [6.45, 7) is 19.9. The molecule has 5 heteroatoms. The lowest BCUT2D eigenvalue weighted by Crippen LogP contribution is -2.25. The highest BCUT2D eigenvalue weighted by Crippen LogP contribution is 2.34. The zero-order chi connectivity index (χ0) is 25.9. The van der Waals surface area contributed by atoms with Crippen LogP contribution in [0.15, 0.2) is 47.1 Å². The number of carbonyl (C=O) groups excluding carboxylic acids is 1. The van der Waals surface area contributed by atoms with Crippen molar-refractivity contribution in [3.63, 3.8) is 0 Å². The van der Waals surface area contributed by atoms with E-state index in [2.05, 4.69) is 49.9 Å². The molecule has 2 N–H and O–H groups in total. The second-order valence-electron chi connectivity index (χ2n) is 8.98. The molecule has 0 bridgehead atoms. The van der Waals surface area contributed by atoms with E-state index in [1.165, 1.54) is 44.2 Å². The molecule has 0 aromatic heterocycles. The monoisotopic (exact) mass is 473 g/mol. The quantitative estimate of drug-likeness (QED) is 0.267. The van der Waals surface area contributed by atoms with Crippen molar-refractivity contribution in [2.45, 2.75) is 87.0 Å². The van der Waals surface area contributed by atoms with Gasteiger partial charge in [0.25, 0.3) is 0 Å². The standard InChI is InChI=1S/C17H22FN3.C7H14.C3H8.C2H4O/c1-4-14-5-6-16(9-17(14)18)21-13(3)20-11-15-7-8-19-10-12(15)2;1-3-7-4-6(2)5-7;1-3-2;1-2-3/h5-6,9,11,19H,2,4,7-8,10H2,1,3H3,(H,20,21);6-7H,3-5H2,1-2H3;3H2,1-2H3;2H,1H3/b15-11-;;;. The summed E-state index contributed by atoms with van der Waals surface area (Å²) in [6.07, 6.45) is 9.89. The van der Waals surface area contributed by atoms with Gasteiger partial charge in [-0.2, -0.15) is 0 Å². The minimum absolute atomic E-state index is 0.180. The van der Waals surface area contributed by atoms with Gasteiger partial charge in [-0.05, 0) is 86.8 Å². The SMILES string of the molecule is C=C1CNCC/C1=C/N=C(C)Nc1ccc(CC)c(F)c1.CC=O.CCC.CCC1CC(C)C1. The number of rotatable bonds is 4. The van der Waals surface area contributed by atoms with Crippen LogP contribution in [-0.2, 0) is 11.2 Å². The van der Waals surface area contributed by atoms with Gasteiger partial charge in [0.2, 0.25) is 0 Å². The van der Waals surface area contributed by atoms with E-state index in [0.717, 1.165) is 54.6 Å². The third-order valence-corrected chi connectivity index (χ3v) is 5.59. The van der Waals surface area contributed by atoms with Gasteiger partial charge in [-0.15, -0.1) is 0 Å². The van der Waals surface area contributed by atoms with Crippen molar-refractivity contribution in [3.8, 4) is 0 Å². The Kier molecular flexibility index (Phi) is 17.8. The summed E-state index contributed by atoms with van der Waals surface area (Å²) in [5, 5.41) is 6.37. The van der Waals surface area contributed by atoms with Crippen LogP contribution in [0.3, 0.4) is 0 Å². The third-order valence-electron chi connectivity index (χ3n) is 5.59. The Bertz CT molecular complexity index is 780. The number of nitrogens with one attached hydrogen (secondary N) is 2. The number of aldehydes is 1. The van der Waals surface area contributed by atoms with E-state index in [4.69, 9.17) is 4.79 Å². The number of amidine groups is 1. The van der Waals surface area contributed by atoms with Gasteiger partial charge < -0.3 is 15.4 Å². The van der Waals surface area contributed by atoms with Gasteiger partial charge in [0, 0.05) is 18.4 Å². The predicted molar refractivity (Wildman–Crippen MR) is 147 cm³/mol. The minimum Gasteiger partial charge on any atom is -0.344 e. The molecule has 2 fully saturated rings. The Balaban J connectivity index is 0.000000687. The highest BCUT2D eigenvalue weighted by Gasteiger charge is 2.22. The lowest BCUT2D eigenvalue weighted by Gasteiger charge is -2.31. The normalized spacial score (nSPS) is 20.4. The number of aliphatic imine (C=N–C) groups is 1. The van der Waals surface area contributed by atoms with Crippen LogP contribution < -0.4 is 10.6 Å². The van der Waals surface area contributed by atoms with E-state index in [9.17, 15) is 4.39 Å². The Hall–Kier alpha value is -2.27. The van der Waals surface area contributed by atoms with Crippen LogP contribution in [0.5, 0.6) is 0 Å². The van der Waals surface area contributed by atoms with Gasteiger partial charge >= 0.3 is 0 Å². The summed E-state index contributed by atoms with van der Waals surface area (Å²) in [5.74, 6) is 2.69. The van der Waals surface area contributed by atoms with Crippen molar-refractivity contribution in [2.24, 2.45) is 16.8 Å². The maximum Gasteiger partial charge on any atom is 0.128 e. The highest BCUT2D eigenvalue weighted by molar-refractivity contribution is 5.93. The van der Waals surface area contributed by atoms with Gasteiger partial charge in [-0.25, -0.2) is 9.38 Å². The van der Waals surface area contributed by atoms with Gasteiger partial charge in [-0.1, -0.05) is 60.1 Å². The van der Waals surface area contributed by atoms with Gasteiger partial charge in [0.1, 0.15) is 17.9 Å². The van der Waals surface area contributed by atoms with E-state index < -0.39 is 0 Å². The van der Waals surface area contributed by atoms with Crippen molar-refractivity contribution in [3.05, 3.63) is 53.5 Å². The van der Waals surface area contributed by atoms with E-state index in [-0.39, 0.29) is 5.82 Å². The number of anilines is 1. The second-order valence-corrected chi connectivity index (χ2v) is 8.98. The van der Waals surface area contributed by atoms with E-state index in [1.807, 2.05) is 26.1 Å². The smallest absolute Gasteiger partial charge is 0.128 e. The molecule has 2 aliphatic rings. The first-order chi connectivity index (χ1) is 16.3. The molecule has 1 aliphatic heterocycles. The third kappa shape index (κ3) is 13.4. The summed E-state index contributed by atoms with van der Waals surface area (Å²) < 4.78 is 13.7. The molecule has 0 spiro atoms. The molecule has 1 aromatic carbocycles. The Morgan fingerprint density at radius 2 is 1.88 bits per heavy atom. The zero-order valence-corrected chi connectivity index (χ0v) is 22.6. The van der Waals surface area contributed by atoms with Crippen LogP contribution in [0.2, 0.25) is 0 Å². The largest absolute Gasteiger partial charge is 0.344 e. The van der Waals surface area contributed by atoms with Crippen molar-refractivity contribution < 1.29 is 9.18 Å². The molecule has 0 atom stereocenters. The van der Waals surface area contributed by atoms with E-state index >= 15 is 0 Å². The maximum atomic E-state index is 13.7. The topological polar surface area (TPSA) is 53.5 Å². The van der Waals surface area contributed by atoms with Gasteiger partial charge in [0.05, 0.1) is 0 Å². The van der Waals surface area contributed by atoms with Crippen LogP contribution in [-0.4, -0.2) is 25.2 Å². The number of piperidine rings is 1. The highest BCUT2D eigenvalue weighted by atomic mass is 19.1. The number of nitrogens with zero attached hydrogens (tertiary/aromatic N) is 1. The number of carbonyl (C=O) groups is 1. The average molecular weight is 474 g/mol. The molecule has 1 aromatic rings. The fourth-order valence-corrected chi connectivity index (χ4v) is 3.64. The van der Waals surface area contributed by atoms with Gasteiger partial charge in [0.15, 0.2) is 0 Å². The molecule has 1 heterocycles. The van der Waals surface area contributed by atoms with Crippen LogP contribution in [0, 0.1) is 17.7 Å². The summed E-state index contributed by atoms with van der Waals surface area (Å²) in [5.41, 5.74) is 3.69. The molecule has 3 rings (SSSR count). The average Bonchev–Trinajstić information content (AvgIpc) is 2.78. The molecule has 0 radical (unpaired) electrons. The number of hydrogen-bond donors (Lipinski definition) is 2. The second kappa shape index (κ2) is 19.1. The molecule has 1 saturated carbocycles. The first-order valence-corrected chi connectivity index (χ1v) is 12.8. The van der Waals surface area contributed by atoms with E-state index in [1.54, 1.807) is 6.07 Å². The van der Waals surface area contributed by atoms with Crippen molar-refractivity contribution in [1.82, 2.24) is 5.32 Å².